The van der Waals surface area contributed by atoms with Gasteiger partial charge in [0.15, 0.2) is 0 Å². The van der Waals surface area contributed by atoms with E-state index in [0.717, 1.165) is 29.6 Å². The van der Waals surface area contributed by atoms with Crippen LogP contribution in [0.15, 0.2) is 0 Å². The quantitative estimate of drug-likeness (QED) is 0.556. The third-order valence-electron chi connectivity index (χ3n) is 6.65. The van der Waals surface area contributed by atoms with E-state index in [1.807, 2.05) is 0 Å². The lowest BCUT2D eigenvalue weighted by Crippen LogP contribution is -2.32. The molecular formula is C19H34. The van der Waals surface area contributed by atoms with Crippen molar-refractivity contribution in [3.8, 4) is 0 Å². The van der Waals surface area contributed by atoms with E-state index in [2.05, 4.69) is 6.92 Å². The van der Waals surface area contributed by atoms with Crippen molar-refractivity contribution in [3.05, 3.63) is 0 Å². The molecule has 0 aromatic carbocycles. The highest BCUT2D eigenvalue weighted by atomic mass is 14.4. The van der Waals surface area contributed by atoms with Crippen molar-refractivity contribution in [1.82, 2.24) is 0 Å². The molecule has 0 spiro atoms. The summed E-state index contributed by atoms with van der Waals surface area (Å²) in [6.07, 6.45) is 20.2. The average molecular weight is 262 g/mol. The van der Waals surface area contributed by atoms with E-state index in [0.29, 0.717) is 0 Å². The van der Waals surface area contributed by atoms with E-state index in [1.54, 1.807) is 44.9 Å². The molecule has 0 N–H and O–H groups in total. The van der Waals surface area contributed by atoms with Gasteiger partial charge in [-0.25, -0.2) is 0 Å². The Balaban J connectivity index is 1.59. The maximum absolute atomic E-state index is 2.55. The molecule has 19 heavy (non-hydrogen) atoms. The van der Waals surface area contributed by atoms with Crippen LogP contribution in [-0.2, 0) is 0 Å². The molecule has 0 amide bonds. The molecule has 0 bridgehead atoms. The van der Waals surface area contributed by atoms with Gasteiger partial charge in [-0.3, -0.25) is 0 Å². The average Bonchev–Trinajstić information content (AvgIpc) is 2.48. The molecule has 0 aromatic heterocycles. The van der Waals surface area contributed by atoms with Crippen LogP contribution in [0.5, 0.6) is 0 Å². The fourth-order valence-corrected chi connectivity index (χ4v) is 5.69. The van der Waals surface area contributed by atoms with E-state index in [1.165, 1.54) is 38.5 Å². The van der Waals surface area contributed by atoms with Crippen LogP contribution in [0.3, 0.4) is 0 Å². The van der Waals surface area contributed by atoms with Gasteiger partial charge < -0.3 is 0 Å². The largest absolute Gasteiger partial charge is 0.0625 e. The highest BCUT2D eigenvalue weighted by molar-refractivity contribution is 4.86. The van der Waals surface area contributed by atoms with Crippen molar-refractivity contribution in [2.24, 2.45) is 29.6 Å². The van der Waals surface area contributed by atoms with Crippen molar-refractivity contribution >= 4 is 0 Å². The first-order valence-corrected chi connectivity index (χ1v) is 9.33. The van der Waals surface area contributed by atoms with Crippen LogP contribution in [0.25, 0.3) is 0 Å². The second kappa shape index (κ2) is 6.64. The molecule has 3 fully saturated rings. The Bertz CT molecular complexity index is 231. The summed E-state index contributed by atoms with van der Waals surface area (Å²) in [6.45, 7) is 2.55. The fraction of sp³-hybridized carbons (Fsp3) is 1.00. The second-order valence-electron chi connectivity index (χ2n) is 8.13. The van der Waals surface area contributed by atoms with Gasteiger partial charge in [-0.15, -0.1) is 0 Å². The van der Waals surface area contributed by atoms with Crippen LogP contribution < -0.4 is 0 Å². The minimum atomic E-state index is 1.02. The Labute approximate surface area is 120 Å². The monoisotopic (exact) mass is 262 g/mol. The van der Waals surface area contributed by atoms with Gasteiger partial charge in [0, 0.05) is 0 Å². The lowest BCUT2D eigenvalue weighted by atomic mass is 9.63. The Morgan fingerprint density at radius 1 is 0.474 bits per heavy atom. The Kier molecular flexibility index (Phi) is 4.87. The lowest BCUT2D eigenvalue weighted by Gasteiger charge is -2.43. The SMILES string of the molecule is CC1CC(C2CCCCC2)CC(C2CCCCC2)C1. The summed E-state index contributed by atoms with van der Waals surface area (Å²) >= 11 is 0. The maximum Gasteiger partial charge on any atom is -0.0381 e. The molecule has 0 aromatic rings. The number of rotatable bonds is 2. The third-order valence-corrected chi connectivity index (χ3v) is 6.65. The summed E-state index contributed by atoms with van der Waals surface area (Å²) in [6, 6.07) is 0. The molecule has 0 heterocycles. The summed E-state index contributed by atoms with van der Waals surface area (Å²) in [5.74, 6) is 5.46. The maximum atomic E-state index is 2.55. The highest BCUT2D eigenvalue weighted by Crippen LogP contribution is 2.46. The van der Waals surface area contributed by atoms with Crippen LogP contribution >= 0.6 is 0 Å². The standard InChI is InChI=1S/C19H34/c1-15-12-18(16-8-4-2-5-9-16)14-19(13-15)17-10-6-3-7-11-17/h15-19H,2-14H2,1H3. The van der Waals surface area contributed by atoms with Crippen LogP contribution in [0.4, 0.5) is 0 Å². The molecule has 3 saturated carbocycles. The zero-order valence-electron chi connectivity index (χ0n) is 13.1. The Hall–Kier alpha value is 0. The van der Waals surface area contributed by atoms with Gasteiger partial charge in [0.05, 0.1) is 0 Å². The van der Waals surface area contributed by atoms with Crippen molar-refractivity contribution in [1.29, 1.82) is 0 Å². The predicted molar refractivity (Wildman–Crippen MR) is 83.1 cm³/mol. The highest BCUT2D eigenvalue weighted by Gasteiger charge is 2.35. The van der Waals surface area contributed by atoms with Gasteiger partial charge in [-0.05, 0) is 48.9 Å². The Morgan fingerprint density at radius 3 is 1.32 bits per heavy atom. The zero-order chi connectivity index (χ0) is 13.1. The first-order valence-electron chi connectivity index (χ1n) is 9.33. The normalized spacial score (nSPS) is 39.3. The van der Waals surface area contributed by atoms with Gasteiger partial charge >= 0.3 is 0 Å². The van der Waals surface area contributed by atoms with Gasteiger partial charge in [-0.2, -0.15) is 0 Å². The summed E-state index contributed by atoms with van der Waals surface area (Å²) in [4.78, 5) is 0. The molecule has 0 radical (unpaired) electrons. The first kappa shape index (κ1) is 14.0. The second-order valence-corrected chi connectivity index (χ2v) is 8.13. The van der Waals surface area contributed by atoms with E-state index in [4.69, 9.17) is 0 Å². The van der Waals surface area contributed by atoms with Gasteiger partial charge in [0.25, 0.3) is 0 Å². The molecule has 2 unspecified atom stereocenters. The summed E-state index contributed by atoms with van der Waals surface area (Å²) in [5, 5.41) is 0. The number of hydrogen-bond acceptors (Lipinski definition) is 0. The van der Waals surface area contributed by atoms with Crippen molar-refractivity contribution < 1.29 is 0 Å². The molecule has 0 nitrogen and oxygen atoms in total. The molecule has 0 heteroatoms. The van der Waals surface area contributed by atoms with Crippen LogP contribution in [0.2, 0.25) is 0 Å². The molecule has 3 rings (SSSR count). The van der Waals surface area contributed by atoms with Gasteiger partial charge in [-0.1, -0.05) is 71.1 Å². The number of hydrogen-bond donors (Lipinski definition) is 0. The smallest absolute Gasteiger partial charge is 0.0381 e. The van der Waals surface area contributed by atoms with Crippen LogP contribution in [0.1, 0.15) is 90.4 Å². The predicted octanol–water partition coefficient (Wildman–Crippen LogP) is 6.20. The molecule has 0 saturated heterocycles. The molecule has 0 aliphatic heterocycles. The van der Waals surface area contributed by atoms with Gasteiger partial charge in [0.1, 0.15) is 0 Å². The van der Waals surface area contributed by atoms with Crippen molar-refractivity contribution in [2.45, 2.75) is 90.4 Å². The topological polar surface area (TPSA) is 0 Å². The fourth-order valence-electron chi connectivity index (χ4n) is 5.69. The summed E-state index contributed by atoms with van der Waals surface area (Å²) in [5.41, 5.74) is 0. The zero-order valence-corrected chi connectivity index (χ0v) is 13.1. The molecule has 3 aliphatic carbocycles. The summed E-state index contributed by atoms with van der Waals surface area (Å²) in [7, 11) is 0. The first-order chi connectivity index (χ1) is 9.33. The minimum Gasteiger partial charge on any atom is -0.0625 e. The van der Waals surface area contributed by atoms with E-state index in [9.17, 15) is 0 Å². The van der Waals surface area contributed by atoms with Gasteiger partial charge in [0.2, 0.25) is 0 Å². The lowest BCUT2D eigenvalue weighted by molar-refractivity contribution is 0.0822. The van der Waals surface area contributed by atoms with E-state index in [-0.39, 0.29) is 0 Å². The van der Waals surface area contributed by atoms with Crippen molar-refractivity contribution in [3.63, 3.8) is 0 Å². The van der Waals surface area contributed by atoms with Crippen LogP contribution in [0, 0.1) is 29.6 Å². The molecular weight excluding hydrogens is 228 g/mol. The van der Waals surface area contributed by atoms with E-state index < -0.39 is 0 Å². The van der Waals surface area contributed by atoms with E-state index >= 15 is 0 Å². The minimum absolute atomic E-state index is 1.02. The molecule has 3 aliphatic rings. The van der Waals surface area contributed by atoms with Crippen molar-refractivity contribution in [2.75, 3.05) is 0 Å². The third kappa shape index (κ3) is 3.56. The summed E-state index contributed by atoms with van der Waals surface area (Å²) < 4.78 is 0. The molecule has 110 valence electrons. The molecule has 2 atom stereocenters. The Morgan fingerprint density at radius 2 is 0.895 bits per heavy atom. The van der Waals surface area contributed by atoms with Crippen LogP contribution in [-0.4, -0.2) is 0 Å².